The molecule has 7 rings (SSSR count). The molecule has 3 saturated heterocycles. The van der Waals surface area contributed by atoms with Crippen LogP contribution in [0.5, 0.6) is 0 Å². The van der Waals surface area contributed by atoms with Crippen LogP contribution < -0.4 is 17.3 Å². The summed E-state index contributed by atoms with van der Waals surface area (Å²) in [6.45, 7) is 6.92. The highest BCUT2D eigenvalue weighted by Crippen LogP contribution is 2.77. The number of hydrogen-bond donors (Lipinski definition) is 8. The Morgan fingerprint density at radius 1 is 0.784 bits per heavy atom. The average Bonchev–Trinajstić information content (AvgIpc) is 2.97. The highest BCUT2D eigenvalue weighted by atomic mass is 35.5. The SMILES string of the molecule is C[C@H]1CC[C@@H]2[NH+](CC3[C@]4(O)C[C@]56O[C@@]7(O)C(CCC5[C@]4(O)C[C@H](O)[C@]3(O)[C@]2(C)O)[C@]6(C)CC[C@H]7O)C1.[Cl-]. The van der Waals surface area contributed by atoms with E-state index in [0.717, 1.165) is 17.9 Å². The Morgan fingerprint density at radius 3 is 2.16 bits per heavy atom. The summed E-state index contributed by atoms with van der Waals surface area (Å²) in [7, 11) is 0. The fourth-order valence-electron chi connectivity index (χ4n) is 11.6. The molecule has 4 saturated carbocycles. The molecular formula is C27H44ClNO8. The minimum atomic E-state index is -2.00. The van der Waals surface area contributed by atoms with Gasteiger partial charge in [-0.3, -0.25) is 0 Å². The van der Waals surface area contributed by atoms with Crippen LogP contribution in [0, 0.1) is 29.1 Å². The Balaban J connectivity index is 0.00000252. The highest BCUT2D eigenvalue weighted by molar-refractivity contribution is 5.36. The molecule has 8 N–H and O–H groups in total. The molecule has 3 aliphatic heterocycles. The van der Waals surface area contributed by atoms with E-state index in [4.69, 9.17) is 4.74 Å². The lowest BCUT2D eigenvalue weighted by Gasteiger charge is -2.66. The molecule has 4 aliphatic carbocycles. The number of rotatable bonds is 0. The summed E-state index contributed by atoms with van der Waals surface area (Å²) < 4.78 is 6.52. The molecule has 0 aromatic carbocycles. The van der Waals surface area contributed by atoms with Gasteiger partial charge in [-0.15, -0.1) is 0 Å². The molecule has 0 radical (unpaired) electrons. The molecule has 7 aliphatic rings. The topological polar surface area (TPSA) is 155 Å². The molecule has 0 amide bonds. The first-order valence-corrected chi connectivity index (χ1v) is 14.1. The van der Waals surface area contributed by atoms with Gasteiger partial charge in [0.1, 0.15) is 34.6 Å². The number of nitrogens with one attached hydrogen (secondary N) is 1. The van der Waals surface area contributed by atoms with E-state index >= 15 is 0 Å². The lowest BCUT2D eigenvalue weighted by molar-refractivity contribution is -0.956. The molecule has 0 aromatic heterocycles. The Labute approximate surface area is 224 Å². The first-order chi connectivity index (χ1) is 16.6. The summed E-state index contributed by atoms with van der Waals surface area (Å²) >= 11 is 0. The van der Waals surface area contributed by atoms with Crippen molar-refractivity contribution in [3.8, 4) is 0 Å². The Morgan fingerprint density at radius 2 is 1.46 bits per heavy atom. The summed E-state index contributed by atoms with van der Waals surface area (Å²) in [4.78, 5) is 1.09. The first kappa shape index (κ1) is 27.1. The van der Waals surface area contributed by atoms with E-state index in [1.807, 2.05) is 6.92 Å². The molecule has 4 bridgehead atoms. The standard InChI is InChI=1S/C27H43NO8.ClH/c1-14-4-7-18-22(3,31)26(34)17(12-28(18)11-14)24(33)13-25-16(23(24,32)10-20(26)30)6-5-15-21(25,2)9-8-19(29)27(15,35)36-25;/h14-20,29-35H,4-13H2,1-3H3;1H/t14-,15?,16?,17?,18-,19+,20-,21-,22+,23+,24+,25-,26-,27-;/m0./s1. The highest BCUT2D eigenvalue weighted by Gasteiger charge is 2.89. The molecule has 4 unspecified atom stereocenters. The molecule has 15 atom stereocenters. The number of fused-ring (bicyclic) bond motifs is 5. The van der Waals surface area contributed by atoms with Gasteiger partial charge in [-0.05, 0) is 39.0 Å². The number of hydrogen-bond acceptors (Lipinski definition) is 8. The van der Waals surface area contributed by atoms with Crippen LogP contribution in [0.25, 0.3) is 0 Å². The van der Waals surface area contributed by atoms with Crippen LogP contribution in [-0.2, 0) is 4.74 Å². The summed E-state index contributed by atoms with van der Waals surface area (Å²) in [6, 6.07) is -0.277. The fraction of sp³-hybridized carbons (Fsp3) is 1.00. The van der Waals surface area contributed by atoms with E-state index in [2.05, 4.69) is 6.92 Å². The molecule has 212 valence electrons. The van der Waals surface area contributed by atoms with Crippen molar-refractivity contribution in [1.82, 2.24) is 0 Å². The van der Waals surface area contributed by atoms with Gasteiger partial charge < -0.3 is 57.8 Å². The van der Waals surface area contributed by atoms with Gasteiger partial charge in [-0.2, -0.15) is 0 Å². The maximum atomic E-state index is 12.7. The zero-order chi connectivity index (χ0) is 25.9. The van der Waals surface area contributed by atoms with Gasteiger partial charge >= 0.3 is 0 Å². The molecule has 1 spiro atoms. The van der Waals surface area contributed by atoms with Crippen LogP contribution in [0.1, 0.15) is 72.1 Å². The second kappa shape index (κ2) is 7.41. The van der Waals surface area contributed by atoms with Crippen molar-refractivity contribution in [1.29, 1.82) is 0 Å². The third kappa shape index (κ3) is 2.61. The van der Waals surface area contributed by atoms with Gasteiger partial charge in [0.15, 0.2) is 5.79 Å². The zero-order valence-electron chi connectivity index (χ0n) is 22.0. The molecule has 9 nitrogen and oxygen atoms in total. The predicted molar refractivity (Wildman–Crippen MR) is 125 cm³/mol. The second-order valence-electron chi connectivity index (χ2n) is 14.5. The fourth-order valence-corrected chi connectivity index (χ4v) is 11.6. The third-order valence-electron chi connectivity index (χ3n) is 13.3. The number of piperidine rings is 2. The number of halogens is 1. The third-order valence-corrected chi connectivity index (χ3v) is 13.3. The van der Waals surface area contributed by atoms with Gasteiger partial charge in [0.2, 0.25) is 0 Å². The van der Waals surface area contributed by atoms with Crippen LogP contribution in [0.15, 0.2) is 0 Å². The van der Waals surface area contributed by atoms with E-state index in [-0.39, 0.29) is 37.2 Å². The average molecular weight is 546 g/mol. The number of quaternary nitrogens is 1. The Kier molecular flexibility index (Phi) is 5.43. The van der Waals surface area contributed by atoms with Gasteiger partial charge in [-0.25, -0.2) is 0 Å². The molecular weight excluding hydrogens is 502 g/mol. The molecule has 10 heteroatoms. The predicted octanol–water partition coefficient (Wildman–Crippen LogP) is -4.94. The van der Waals surface area contributed by atoms with Crippen LogP contribution >= 0.6 is 0 Å². The summed E-state index contributed by atoms with van der Waals surface area (Å²) in [5, 5.41) is 83.3. The second-order valence-corrected chi connectivity index (χ2v) is 14.5. The minimum absolute atomic E-state index is 0. The number of ether oxygens (including phenoxy) is 1. The monoisotopic (exact) mass is 545 g/mol. The van der Waals surface area contributed by atoms with Crippen molar-refractivity contribution < 1.29 is 57.8 Å². The summed E-state index contributed by atoms with van der Waals surface area (Å²) in [5.41, 5.74) is -8.96. The first-order valence-electron chi connectivity index (χ1n) is 14.1. The molecule has 3 heterocycles. The van der Waals surface area contributed by atoms with Gasteiger partial charge in [0.05, 0.1) is 30.7 Å². The van der Waals surface area contributed by atoms with Gasteiger partial charge in [-0.1, -0.05) is 13.8 Å². The molecule has 7 fully saturated rings. The Hall–Kier alpha value is -0.0700. The smallest absolute Gasteiger partial charge is 0.196 e. The van der Waals surface area contributed by atoms with Crippen molar-refractivity contribution in [3.05, 3.63) is 0 Å². The lowest BCUT2D eigenvalue weighted by Crippen LogP contribution is -3.23. The quantitative estimate of drug-likeness (QED) is 0.151. The van der Waals surface area contributed by atoms with Crippen molar-refractivity contribution >= 4 is 0 Å². The van der Waals surface area contributed by atoms with E-state index in [1.165, 1.54) is 0 Å². The maximum Gasteiger partial charge on any atom is 0.196 e. The molecule has 37 heavy (non-hydrogen) atoms. The van der Waals surface area contributed by atoms with E-state index in [9.17, 15) is 35.7 Å². The minimum Gasteiger partial charge on any atom is -1.00 e. The van der Waals surface area contributed by atoms with Gasteiger partial charge in [0, 0.05) is 42.4 Å². The van der Waals surface area contributed by atoms with Crippen LogP contribution in [-0.4, -0.2) is 101 Å². The van der Waals surface area contributed by atoms with Crippen molar-refractivity contribution in [2.24, 2.45) is 29.1 Å². The van der Waals surface area contributed by atoms with E-state index < -0.39 is 63.3 Å². The van der Waals surface area contributed by atoms with Crippen LogP contribution in [0.4, 0.5) is 0 Å². The maximum absolute atomic E-state index is 12.7. The Bertz CT molecular complexity index is 1000. The van der Waals surface area contributed by atoms with E-state index in [0.29, 0.717) is 44.6 Å². The molecule has 0 aromatic rings. The van der Waals surface area contributed by atoms with Crippen LogP contribution in [0.3, 0.4) is 0 Å². The van der Waals surface area contributed by atoms with Crippen molar-refractivity contribution in [2.75, 3.05) is 13.1 Å². The normalized spacial score (nSPS) is 67.6. The summed E-state index contributed by atoms with van der Waals surface area (Å²) in [5.74, 6) is -3.21. The summed E-state index contributed by atoms with van der Waals surface area (Å²) in [6.07, 6.45) is 0.871. The van der Waals surface area contributed by atoms with Crippen molar-refractivity contribution in [3.63, 3.8) is 0 Å². The largest absolute Gasteiger partial charge is 1.00 e. The number of aliphatic hydroxyl groups is 7. The van der Waals surface area contributed by atoms with Gasteiger partial charge in [0.25, 0.3) is 0 Å². The van der Waals surface area contributed by atoms with Crippen LogP contribution in [0.2, 0.25) is 0 Å². The zero-order valence-corrected chi connectivity index (χ0v) is 22.8. The number of aliphatic hydroxyl groups excluding tert-OH is 2. The van der Waals surface area contributed by atoms with Crippen molar-refractivity contribution in [2.45, 2.75) is 124 Å². The lowest BCUT2D eigenvalue weighted by atomic mass is 9.49. The van der Waals surface area contributed by atoms with E-state index in [1.54, 1.807) is 6.92 Å².